The van der Waals surface area contributed by atoms with Crippen molar-refractivity contribution in [1.29, 1.82) is 0 Å². The number of nitrogens with zero attached hydrogens (tertiary/aromatic N) is 3. The molecule has 1 saturated carbocycles. The fourth-order valence-electron chi connectivity index (χ4n) is 4.27. The normalized spacial score (nSPS) is 20.7. The van der Waals surface area contributed by atoms with Crippen LogP contribution in [0.25, 0.3) is 11.0 Å². The lowest BCUT2D eigenvalue weighted by molar-refractivity contribution is -0.384. The molecule has 1 aliphatic rings. The van der Waals surface area contributed by atoms with Gasteiger partial charge in [0.25, 0.3) is 10.0 Å². The minimum Gasteiger partial charge on any atom is -0.465 e. The Kier molecular flexibility index (Phi) is 6.25. The highest BCUT2D eigenvalue weighted by Crippen LogP contribution is 2.40. The number of anilines is 1. The fourth-order valence-corrected chi connectivity index (χ4v) is 6.33. The summed E-state index contributed by atoms with van der Waals surface area (Å²) in [7, 11) is -3.99. The molecule has 34 heavy (non-hydrogen) atoms. The highest BCUT2D eigenvalue weighted by molar-refractivity contribution is 9.10. The largest absolute Gasteiger partial charge is 0.465 e. The molecule has 2 aromatic heterocycles. The minimum absolute atomic E-state index is 0.0528. The molecule has 1 amide bonds. The first-order valence-electron chi connectivity index (χ1n) is 10.4. The Morgan fingerprint density at radius 2 is 1.94 bits per heavy atom. The minimum atomic E-state index is -3.99. The van der Waals surface area contributed by atoms with Crippen LogP contribution in [0.2, 0.25) is 0 Å². The van der Waals surface area contributed by atoms with Gasteiger partial charge in [-0.15, -0.1) is 0 Å². The van der Waals surface area contributed by atoms with E-state index in [1.54, 1.807) is 18.2 Å². The van der Waals surface area contributed by atoms with Crippen LogP contribution in [0, 0.1) is 10.1 Å². The van der Waals surface area contributed by atoms with Gasteiger partial charge in [-0.2, -0.15) is 0 Å². The van der Waals surface area contributed by atoms with E-state index in [2.05, 4.69) is 31.5 Å². The molecule has 0 unspecified atom stereocenters. The highest BCUT2D eigenvalue weighted by atomic mass is 79.9. The lowest BCUT2D eigenvalue weighted by atomic mass is 9.81. The third kappa shape index (κ3) is 4.44. The third-order valence-corrected chi connectivity index (χ3v) is 8.33. The Bertz CT molecular complexity index is 1370. The number of hydrogen-bond donors (Lipinski definition) is 3. The standard InChI is InChI=1S/C21H22BrN5O6S/c1-21(25-20(28)29)9-7-13(8-10-21)24-18-16(27(30)31)11-23-19-17(18)15(22)12-26(19)34(32,33)14-5-3-2-4-6-14/h2-6,11-13,25H,7-10H2,1H3,(H,23,24)(H,28,29)/t13-,21+. The quantitative estimate of drug-likeness (QED) is 0.301. The first-order valence-corrected chi connectivity index (χ1v) is 12.7. The molecule has 3 N–H and O–H groups in total. The maximum absolute atomic E-state index is 13.2. The van der Waals surface area contributed by atoms with E-state index in [0.717, 1.165) is 10.2 Å². The van der Waals surface area contributed by atoms with Gasteiger partial charge in [0, 0.05) is 22.3 Å². The van der Waals surface area contributed by atoms with Crippen LogP contribution >= 0.6 is 15.9 Å². The number of carboxylic acid groups (broad SMARTS) is 1. The molecule has 180 valence electrons. The molecular formula is C21H22BrN5O6S. The van der Waals surface area contributed by atoms with Gasteiger partial charge >= 0.3 is 11.8 Å². The van der Waals surface area contributed by atoms with Gasteiger partial charge in [0.15, 0.2) is 5.65 Å². The van der Waals surface area contributed by atoms with Gasteiger partial charge in [-0.1, -0.05) is 18.2 Å². The number of halogens is 1. The predicted octanol–water partition coefficient (Wildman–Crippen LogP) is 4.32. The summed E-state index contributed by atoms with van der Waals surface area (Å²) in [4.78, 5) is 26.5. The first-order chi connectivity index (χ1) is 16.0. The molecular weight excluding hydrogens is 530 g/mol. The summed E-state index contributed by atoms with van der Waals surface area (Å²) in [5.41, 5.74) is -0.627. The zero-order valence-corrected chi connectivity index (χ0v) is 20.5. The monoisotopic (exact) mass is 551 g/mol. The second-order valence-corrected chi connectivity index (χ2v) is 11.1. The van der Waals surface area contributed by atoms with Crippen molar-refractivity contribution in [3.8, 4) is 0 Å². The Labute approximate surface area is 203 Å². The van der Waals surface area contributed by atoms with Crippen LogP contribution in [0.1, 0.15) is 32.6 Å². The van der Waals surface area contributed by atoms with E-state index in [1.807, 2.05) is 6.92 Å². The van der Waals surface area contributed by atoms with E-state index in [4.69, 9.17) is 5.11 Å². The van der Waals surface area contributed by atoms with Gasteiger partial charge in [0.1, 0.15) is 11.9 Å². The molecule has 1 aliphatic carbocycles. The number of rotatable bonds is 6. The van der Waals surface area contributed by atoms with Crippen molar-refractivity contribution >= 4 is 54.5 Å². The topological polar surface area (TPSA) is 156 Å². The SMILES string of the molecule is C[C@]1(NC(=O)O)CC[C@@H](Nc2c([N+](=O)[O-])cnc3c2c(Br)cn3S(=O)(=O)c2ccccc2)CC1. The van der Waals surface area contributed by atoms with Crippen molar-refractivity contribution in [1.82, 2.24) is 14.3 Å². The molecule has 0 radical (unpaired) electrons. The lowest BCUT2D eigenvalue weighted by Crippen LogP contribution is -2.49. The second-order valence-electron chi connectivity index (χ2n) is 8.47. The van der Waals surface area contributed by atoms with Crippen molar-refractivity contribution in [3.63, 3.8) is 0 Å². The van der Waals surface area contributed by atoms with E-state index >= 15 is 0 Å². The van der Waals surface area contributed by atoms with Gasteiger partial charge in [0.05, 0.1) is 15.2 Å². The van der Waals surface area contributed by atoms with Gasteiger partial charge in [-0.3, -0.25) is 10.1 Å². The summed E-state index contributed by atoms with van der Waals surface area (Å²) in [6.07, 6.45) is 3.52. The Morgan fingerprint density at radius 3 is 2.53 bits per heavy atom. The van der Waals surface area contributed by atoms with Crippen molar-refractivity contribution < 1.29 is 23.2 Å². The molecule has 0 aliphatic heterocycles. The van der Waals surface area contributed by atoms with Crippen LogP contribution in [0.15, 0.2) is 52.1 Å². The van der Waals surface area contributed by atoms with E-state index in [0.29, 0.717) is 30.2 Å². The van der Waals surface area contributed by atoms with Crippen molar-refractivity contribution in [2.75, 3.05) is 5.32 Å². The van der Waals surface area contributed by atoms with E-state index in [-0.39, 0.29) is 33.3 Å². The van der Waals surface area contributed by atoms with Crippen LogP contribution in [0.5, 0.6) is 0 Å². The number of aromatic nitrogens is 2. The molecule has 2 heterocycles. The summed E-state index contributed by atoms with van der Waals surface area (Å²) in [5.74, 6) is 0. The molecule has 1 fully saturated rings. The van der Waals surface area contributed by atoms with Crippen LogP contribution in [-0.2, 0) is 10.0 Å². The lowest BCUT2D eigenvalue weighted by Gasteiger charge is -2.37. The Morgan fingerprint density at radius 1 is 1.29 bits per heavy atom. The second kappa shape index (κ2) is 8.87. The van der Waals surface area contributed by atoms with Crippen LogP contribution < -0.4 is 10.6 Å². The molecule has 0 spiro atoms. The molecule has 13 heteroatoms. The summed E-state index contributed by atoms with van der Waals surface area (Å²) < 4.78 is 27.8. The number of nitro groups is 1. The fraction of sp³-hybridized carbons (Fsp3) is 0.333. The van der Waals surface area contributed by atoms with Crippen molar-refractivity contribution in [2.45, 2.75) is 49.1 Å². The average Bonchev–Trinajstić information content (AvgIpc) is 3.13. The third-order valence-electron chi connectivity index (χ3n) is 6.06. The number of amides is 1. The number of fused-ring (bicyclic) bond motifs is 1. The molecule has 0 saturated heterocycles. The van der Waals surface area contributed by atoms with Gasteiger partial charge < -0.3 is 15.7 Å². The molecule has 0 bridgehead atoms. The summed E-state index contributed by atoms with van der Waals surface area (Å²) >= 11 is 3.36. The number of pyridine rings is 1. The van der Waals surface area contributed by atoms with Gasteiger partial charge in [-0.25, -0.2) is 22.2 Å². The number of benzene rings is 1. The molecule has 11 nitrogen and oxygen atoms in total. The predicted molar refractivity (Wildman–Crippen MR) is 129 cm³/mol. The first kappa shape index (κ1) is 24.0. The summed E-state index contributed by atoms with van der Waals surface area (Å²) in [6, 6.07) is 7.67. The van der Waals surface area contributed by atoms with Gasteiger partial charge in [0.2, 0.25) is 0 Å². The maximum Gasteiger partial charge on any atom is 0.405 e. The van der Waals surface area contributed by atoms with Crippen molar-refractivity contribution in [3.05, 3.63) is 57.3 Å². The molecule has 0 atom stereocenters. The number of carbonyl (C=O) groups is 1. The molecule has 3 aromatic rings. The Balaban J connectivity index is 1.74. The Hall–Kier alpha value is -3.19. The highest BCUT2D eigenvalue weighted by Gasteiger charge is 2.34. The maximum atomic E-state index is 13.2. The van der Waals surface area contributed by atoms with Crippen molar-refractivity contribution in [2.24, 2.45) is 0 Å². The average molecular weight is 552 g/mol. The van der Waals surface area contributed by atoms with Gasteiger partial charge in [-0.05, 0) is 60.7 Å². The van der Waals surface area contributed by atoms with Crippen LogP contribution in [0.4, 0.5) is 16.2 Å². The zero-order valence-electron chi connectivity index (χ0n) is 18.1. The van der Waals surface area contributed by atoms with E-state index < -0.39 is 26.6 Å². The number of hydrogen-bond acceptors (Lipinski definition) is 7. The number of nitrogens with one attached hydrogen (secondary N) is 2. The molecule has 1 aromatic carbocycles. The van der Waals surface area contributed by atoms with E-state index in [9.17, 15) is 23.3 Å². The summed E-state index contributed by atoms with van der Waals surface area (Å²) in [5, 5.41) is 26.9. The zero-order chi connectivity index (χ0) is 24.7. The molecule has 4 rings (SSSR count). The van der Waals surface area contributed by atoms with E-state index in [1.165, 1.54) is 18.3 Å². The van der Waals surface area contributed by atoms with Crippen LogP contribution in [0.3, 0.4) is 0 Å². The smallest absolute Gasteiger partial charge is 0.405 e. The van der Waals surface area contributed by atoms with Crippen LogP contribution in [-0.4, -0.2) is 45.1 Å². The summed E-state index contributed by atoms with van der Waals surface area (Å²) in [6.45, 7) is 1.83.